The highest BCUT2D eigenvalue weighted by molar-refractivity contribution is 6.12. The van der Waals surface area contributed by atoms with E-state index >= 15 is 0 Å². The third-order valence-electron chi connectivity index (χ3n) is 6.56. The molecule has 2 aromatic carbocycles. The Morgan fingerprint density at radius 3 is 2.41 bits per heavy atom. The Balaban J connectivity index is 0.00000420. The topological polar surface area (TPSA) is 110 Å². The van der Waals surface area contributed by atoms with Gasteiger partial charge in [-0.05, 0) is 36.8 Å². The molecule has 39 heavy (non-hydrogen) atoms. The third kappa shape index (κ3) is 5.95. The first-order chi connectivity index (χ1) is 18.2. The van der Waals surface area contributed by atoms with Crippen LogP contribution in [0.5, 0.6) is 0 Å². The SMILES string of the molecule is CCN(C)c1ccc2c(-c3ccc(NC)c(N)c3C(=O)OCOC(C)=O)c3ccc(=[N+](C)C)cc-3oc2c1.[I-]. The number of nitrogens with zero attached hydrogens (tertiary/aromatic N) is 2. The average molecular weight is 645 g/mol. The zero-order valence-corrected chi connectivity index (χ0v) is 25.1. The molecule has 0 fully saturated rings. The first-order valence-corrected chi connectivity index (χ1v) is 12.3. The summed E-state index contributed by atoms with van der Waals surface area (Å²) in [5, 5.41) is 4.80. The quantitative estimate of drug-likeness (QED) is 0.0767. The largest absolute Gasteiger partial charge is 1.00 e. The van der Waals surface area contributed by atoms with Crippen LogP contribution in [0.4, 0.5) is 17.1 Å². The van der Waals surface area contributed by atoms with Crippen molar-refractivity contribution in [2.24, 2.45) is 0 Å². The Labute approximate surface area is 244 Å². The Morgan fingerprint density at radius 1 is 1.05 bits per heavy atom. The summed E-state index contributed by atoms with van der Waals surface area (Å²) in [6.45, 7) is 3.64. The molecule has 2 aromatic rings. The fourth-order valence-electron chi connectivity index (χ4n) is 4.36. The van der Waals surface area contributed by atoms with Crippen LogP contribution < -0.4 is 49.9 Å². The van der Waals surface area contributed by atoms with Crippen molar-refractivity contribution in [3.63, 3.8) is 0 Å². The third-order valence-corrected chi connectivity index (χ3v) is 6.56. The number of fused-ring (bicyclic) bond motifs is 2. The lowest BCUT2D eigenvalue weighted by Gasteiger charge is -2.21. The summed E-state index contributed by atoms with van der Waals surface area (Å²) >= 11 is 0. The van der Waals surface area contributed by atoms with Gasteiger partial charge in [-0.2, -0.15) is 0 Å². The molecule has 1 aliphatic heterocycles. The number of hydrogen-bond acceptors (Lipinski definition) is 8. The van der Waals surface area contributed by atoms with Crippen molar-refractivity contribution in [2.75, 3.05) is 57.5 Å². The molecule has 0 saturated heterocycles. The van der Waals surface area contributed by atoms with Crippen LogP contribution in [-0.2, 0) is 14.3 Å². The monoisotopic (exact) mass is 644 g/mol. The molecule has 0 radical (unpaired) electrons. The van der Waals surface area contributed by atoms with Gasteiger partial charge in [-0.1, -0.05) is 6.07 Å². The van der Waals surface area contributed by atoms with E-state index in [0.29, 0.717) is 22.6 Å². The molecule has 0 saturated carbocycles. The average Bonchev–Trinajstić information content (AvgIpc) is 2.90. The minimum absolute atomic E-state index is 0. The second kappa shape index (κ2) is 12.4. The number of benzene rings is 3. The molecule has 9 nitrogen and oxygen atoms in total. The fourth-order valence-corrected chi connectivity index (χ4v) is 4.36. The van der Waals surface area contributed by atoms with E-state index in [4.69, 9.17) is 19.6 Å². The van der Waals surface area contributed by atoms with Crippen LogP contribution in [0.1, 0.15) is 24.2 Å². The van der Waals surface area contributed by atoms with Crippen molar-refractivity contribution < 1.29 is 47.5 Å². The maximum absolute atomic E-state index is 13.3. The van der Waals surface area contributed by atoms with Crippen molar-refractivity contribution in [3.05, 3.63) is 59.5 Å². The fraction of sp³-hybridized carbons (Fsp3) is 0.276. The van der Waals surface area contributed by atoms with Gasteiger partial charge in [0.15, 0.2) is 0 Å². The molecule has 1 aliphatic carbocycles. The van der Waals surface area contributed by atoms with Crippen LogP contribution >= 0.6 is 0 Å². The molecule has 4 rings (SSSR count). The summed E-state index contributed by atoms with van der Waals surface area (Å²) in [7, 11) is 7.67. The molecule has 0 bridgehead atoms. The number of anilines is 3. The highest BCUT2D eigenvalue weighted by Gasteiger charge is 2.26. The van der Waals surface area contributed by atoms with E-state index in [9.17, 15) is 9.59 Å². The lowest BCUT2D eigenvalue weighted by molar-refractivity contribution is -0.149. The van der Waals surface area contributed by atoms with Crippen molar-refractivity contribution in [2.45, 2.75) is 13.8 Å². The highest BCUT2D eigenvalue weighted by atomic mass is 127. The van der Waals surface area contributed by atoms with E-state index in [1.165, 1.54) is 6.92 Å². The van der Waals surface area contributed by atoms with Gasteiger partial charge in [-0.15, -0.1) is 0 Å². The second-order valence-electron chi connectivity index (χ2n) is 9.13. The number of rotatable bonds is 7. The first kappa shape index (κ1) is 29.8. The van der Waals surface area contributed by atoms with Gasteiger partial charge >= 0.3 is 11.9 Å². The molecule has 206 valence electrons. The summed E-state index contributed by atoms with van der Waals surface area (Å²) in [6.07, 6.45) is 0. The van der Waals surface area contributed by atoms with Gasteiger partial charge < -0.3 is 53.8 Å². The number of halogens is 1. The van der Waals surface area contributed by atoms with Gasteiger partial charge in [-0.25, -0.2) is 9.37 Å². The molecular formula is C29H33IN4O5. The molecule has 0 atom stereocenters. The van der Waals surface area contributed by atoms with Crippen LogP contribution in [0.3, 0.4) is 0 Å². The predicted molar refractivity (Wildman–Crippen MR) is 150 cm³/mol. The smallest absolute Gasteiger partial charge is 0.343 e. The molecule has 1 heterocycles. The standard InChI is InChI=1S/C29H32N4O5.HI/c1-7-33(6)19-9-11-21-25(15-19)38-24-14-18(32(4)5)8-10-20(24)26(21)22-12-13-23(31-3)28(30)27(22)29(35)37-16-36-17(2)34;/h8-15H,7,16H2,1-6H3,(H2,30,35);1H. The molecule has 0 unspecified atom stereocenters. The van der Waals surface area contributed by atoms with E-state index in [-0.39, 0.29) is 35.2 Å². The number of carbonyl (C=O) groups excluding carboxylic acids is 2. The van der Waals surface area contributed by atoms with Crippen molar-refractivity contribution in [1.82, 2.24) is 4.58 Å². The summed E-state index contributed by atoms with van der Waals surface area (Å²) in [6, 6.07) is 15.6. The number of esters is 2. The number of hydrogen-bond donors (Lipinski definition) is 2. The summed E-state index contributed by atoms with van der Waals surface area (Å²) in [4.78, 5) is 26.7. The van der Waals surface area contributed by atoms with E-state index in [1.807, 2.05) is 74.2 Å². The zero-order chi connectivity index (χ0) is 27.6. The van der Waals surface area contributed by atoms with Gasteiger partial charge in [0.05, 0.1) is 23.0 Å². The molecule has 3 N–H and O–H groups in total. The van der Waals surface area contributed by atoms with Crippen molar-refractivity contribution in [1.29, 1.82) is 0 Å². The number of carbonyl (C=O) groups is 2. The Bertz CT molecular complexity index is 1580. The van der Waals surface area contributed by atoms with Crippen LogP contribution in [0, 0.1) is 0 Å². The van der Waals surface area contributed by atoms with E-state index in [0.717, 1.165) is 34.1 Å². The van der Waals surface area contributed by atoms with Crippen molar-refractivity contribution >= 4 is 40.0 Å². The van der Waals surface area contributed by atoms with Crippen LogP contribution in [0.15, 0.2) is 52.9 Å². The first-order valence-electron chi connectivity index (χ1n) is 12.3. The summed E-state index contributed by atoms with van der Waals surface area (Å²) < 4.78 is 18.6. The van der Waals surface area contributed by atoms with Gasteiger partial charge in [0.2, 0.25) is 12.2 Å². The number of nitrogens with one attached hydrogen (secondary N) is 1. The molecule has 2 aliphatic rings. The Hall–Kier alpha value is -3.80. The normalized spacial score (nSPS) is 10.6. The molecular weight excluding hydrogens is 611 g/mol. The van der Waals surface area contributed by atoms with E-state index < -0.39 is 18.7 Å². The van der Waals surface area contributed by atoms with Crippen molar-refractivity contribution in [3.8, 4) is 22.5 Å². The van der Waals surface area contributed by atoms with Crippen LogP contribution in [0.25, 0.3) is 33.4 Å². The molecule has 0 amide bonds. The summed E-state index contributed by atoms with van der Waals surface area (Å²) in [5.41, 5.74) is 11.3. The zero-order valence-electron chi connectivity index (χ0n) is 22.9. The van der Waals surface area contributed by atoms with Gasteiger partial charge in [0, 0.05) is 61.9 Å². The number of ether oxygens (including phenoxy) is 2. The van der Waals surface area contributed by atoms with Crippen LogP contribution in [-0.4, -0.2) is 53.5 Å². The number of nitrogen functional groups attached to an aromatic ring is 1. The summed E-state index contributed by atoms with van der Waals surface area (Å²) in [5.74, 6) is -0.600. The second-order valence-corrected chi connectivity index (χ2v) is 9.13. The van der Waals surface area contributed by atoms with Crippen LogP contribution in [0.2, 0.25) is 0 Å². The maximum atomic E-state index is 13.3. The van der Waals surface area contributed by atoms with E-state index in [1.54, 1.807) is 7.05 Å². The van der Waals surface area contributed by atoms with E-state index in [2.05, 4.69) is 17.1 Å². The lowest BCUT2D eigenvalue weighted by Crippen LogP contribution is -3.00. The maximum Gasteiger partial charge on any atom is 0.343 e. The molecule has 0 spiro atoms. The predicted octanol–water partition coefficient (Wildman–Crippen LogP) is 0.998. The Morgan fingerprint density at radius 2 is 1.77 bits per heavy atom. The highest BCUT2D eigenvalue weighted by Crippen LogP contribution is 2.44. The minimum atomic E-state index is -0.704. The van der Waals surface area contributed by atoms with Gasteiger partial charge in [-0.3, -0.25) is 4.79 Å². The Kier molecular flexibility index (Phi) is 9.44. The molecule has 0 aromatic heterocycles. The minimum Gasteiger partial charge on any atom is -1.00 e. The lowest BCUT2D eigenvalue weighted by atomic mass is 9.89. The van der Waals surface area contributed by atoms with Gasteiger partial charge in [0.25, 0.3) is 0 Å². The number of nitrogens with two attached hydrogens (primary N) is 1. The van der Waals surface area contributed by atoms with Gasteiger partial charge in [0.1, 0.15) is 25.4 Å². The molecule has 10 heteroatoms.